The van der Waals surface area contributed by atoms with Crippen LogP contribution in [0.1, 0.15) is 91.4 Å². The van der Waals surface area contributed by atoms with E-state index in [-0.39, 0.29) is 0 Å². The van der Waals surface area contributed by atoms with E-state index in [0.717, 1.165) is 44.3 Å². The van der Waals surface area contributed by atoms with E-state index in [4.69, 9.17) is 4.74 Å². The van der Waals surface area contributed by atoms with Gasteiger partial charge in [0, 0.05) is 12.0 Å². The summed E-state index contributed by atoms with van der Waals surface area (Å²) >= 11 is 0. The lowest BCUT2D eigenvalue weighted by Crippen LogP contribution is -2.06. The average Bonchev–Trinajstić information content (AvgIpc) is 2.71. The van der Waals surface area contributed by atoms with Crippen LogP contribution < -0.4 is 0 Å². The van der Waals surface area contributed by atoms with Crippen LogP contribution in [0.4, 0.5) is 0 Å². The van der Waals surface area contributed by atoms with Gasteiger partial charge in [0.2, 0.25) is 0 Å². The molecule has 0 aromatic carbocycles. The number of hydrogen-bond acceptors (Lipinski definition) is 1. The minimum absolute atomic E-state index is 0.526. The zero-order chi connectivity index (χ0) is 20.2. The molecule has 1 unspecified atom stereocenters. The van der Waals surface area contributed by atoms with Crippen LogP contribution >= 0.6 is 0 Å². The first-order valence-electron chi connectivity index (χ1n) is 11.4. The van der Waals surface area contributed by atoms with E-state index < -0.39 is 0 Å². The van der Waals surface area contributed by atoms with Crippen LogP contribution in [-0.4, -0.2) is 0 Å². The summed E-state index contributed by atoms with van der Waals surface area (Å²) in [6.45, 7) is 10.8. The Labute approximate surface area is 173 Å². The van der Waals surface area contributed by atoms with Crippen LogP contribution in [0.2, 0.25) is 0 Å². The molecule has 0 amide bonds. The Hall–Kier alpha value is -1.76. The van der Waals surface area contributed by atoms with E-state index in [0.29, 0.717) is 5.92 Å². The lowest BCUT2D eigenvalue weighted by molar-refractivity contribution is 0.286. The number of hydrogen-bond donors (Lipinski definition) is 0. The van der Waals surface area contributed by atoms with Gasteiger partial charge in [-0.05, 0) is 75.0 Å². The van der Waals surface area contributed by atoms with Crippen molar-refractivity contribution in [1.29, 1.82) is 0 Å². The molecule has 0 saturated carbocycles. The van der Waals surface area contributed by atoms with Gasteiger partial charge in [-0.15, -0.1) is 6.58 Å². The third-order valence-corrected chi connectivity index (χ3v) is 5.83. The van der Waals surface area contributed by atoms with E-state index in [1.54, 1.807) is 0 Å². The molecule has 28 heavy (non-hydrogen) atoms. The second-order valence-electron chi connectivity index (χ2n) is 8.13. The maximum atomic E-state index is 6.69. The molecule has 1 heteroatoms. The Morgan fingerprint density at radius 1 is 1.21 bits per heavy atom. The minimum Gasteiger partial charge on any atom is -0.461 e. The molecule has 2 aliphatic rings. The van der Waals surface area contributed by atoms with Gasteiger partial charge in [0.15, 0.2) is 0 Å². The molecule has 0 N–H and O–H groups in total. The van der Waals surface area contributed by atoms with E-state index in [1.807, 2.05) is 6.08 Å². The molecule has 0 fully saturated rings. The van der Waals surface area contributed by atoms with Gasteiger partial charge in [-0.1, -0.05) is 63.5 Å². The molecule has 1 aliphatic heterocycles. The van der Waals surface area contributed by atoms with Gasteiger partial charge < -0.3 is 4.74 Å². The van der Waals surface area contributed by atoms with Crippen LogP contribution in [0.5, 0.6) is 0 Å². The normalized spacial score (nSPS) is 21.2. The van der Waals surface area contributed by atoms with Crippen molar-refractivity contribution in [2.75, 3.05) is 0 Å². The second kappa shape index (κ2) is 12.6. The van der Waals surface area contributed by atoms with Gasteiger partial charge >= 0.3 is 0 Å². The molecule has 1 heterocycles. The zero-order valence-electron chi connectivity index (χ0n) is 18.4. The van der Waals surface area contributed by atoms with Crippen LogP contribution in [0.3, 0.4) is 0 Å². The van der Waals surface area contributed by atoms with E-state index in [1.165, 1.54) is 54.6 Å². The summed E-state index contributed by atoms with van der Waals surface area (Å²) < 4.78 is 6.69. The predicted octanol–water partition coefficient (Wildman–Crippen LogP) is 8.73. The summed E-state index contributed by atoms with van der Waals surface area (Å²) in [4.78, 5) is 0. The van der Waals surface area contributed by atoms with Gasteiger partial charge in [-0.2, -0.15) is 0 Å². The lowest BCUT2D eigenvalue weighted by Gasteiger charge is -2.21. The molecular weight excluding hydrogens is 340 g/mol. The first kappa shape index (κ1) is 22.5. The fraction of sp³-hybridized carbons (Fsp3) is 0.556. The highest BCUT2D eigenvalue weighted by Gasteiger charge is 2.21. The van der Waals surface area contributed by atoms with Crippen LogP contribution in [-0.2, 0) is 4.74 Å². The highest BCUT2D eigenvalue weighted by Crippen LogP contribution is 2.36. The fourth-order valence-electron chi connectivity index (χ4n) is 4.17. The number of rotatable bonds is 8. The zero-order valence-corrected chi connectivity index (χ0v) is 18.4. The summed E-state index contributed by atoms with van der Waals surface area (Å²) in [5.41, 5.74) is 4.30. The molecule has 0 aromatic rings. The third kappa shape index (κ3) is 6.69. The Bertz CT molecular complexity index is 654. The van der Waals surface area contributed by atoms with Crippen molar-refractivity contribution in [3.8, 4) is 0 Å². The summed E-state index contributed by atoms with van der Waals surface area (Å²) in [5, 5.41) is 0. The largest absolute Gasteiger partial charge is 0.461 e. The van der Waals surface area contributed by atoms with Gasteiger partial charge in [0.25, 0.3) is 0 Å². The SMILES string of the molecule is C=CCC1=C(C=CC)OC2=C(CC=CCCC2)C(C)CC=C1CCCCCC. The molecule has 0 saturated heterocycles. The van der Waals surface area contributed by atoms with Gasteiger partial charge in [-0.25, -0.2) is 0 Å². The number of unbranched alkanes of at least 4 members (excludes halogenated alkanes) is 3. The number of ether oxygens (including phenoxy) is 1. The van der Waals surface area contributed by atoms with E-state index in [9.17, 15) is 0 Å². The molecule has 0 bridgehead atoms. The molecule has 0 radical (unpaired) electrons. The highest BCUT2D eigenvalue weighted by atomic mass is 16.5. The quantitative estimate of drug-likeness (QED) is 0.302. The first-order valence-corrected chi connectivity index (χ1v) is 11.4. The topological polar surface area (TPSA) is 9.23 Å². The average molecular weight is 381 g/mol. The van der Waals surface area contributed by atoms with Crippen molar-refractivity contribution < 1.29 is 4.74 Å². The Morgan fingerprint density at radius 2 is 2.07 bits per heavy atom. The second-order valence-corrected chi connectivity index (χ2v) is 8.13. The molecule has 1 aliphatic carbocycles. The van der Waals surface area contributed by atoms with Crippen LogP contribution in [0.25, 0.3) is 0 Å². The summed E-state index contributed by atoms with van der Waals surface area (Å²) in [7, 11) is 0. The molecule has 154 valence electrons. The maximum absolute atomic E-state index is 6.69. The maximum Gasteiger partial charge on any atom is 0.130 e. The van der Waals surface area contributed by atoms with Crippen LogP contribution in [0, 0.1) is 5.92 Å². The molecule has 2 rings (SSSR count). The van der Waals surface area contributed by atoms with Crippen molar-refractivity contribution >= 4 is 0 Å². The molecule has 1 nitrogen and oxygen atoms in total. The highest BCUT2D eigenvalue weighted by molar-refractivity contribution is 5.41. The number of allylic oxidation sites excluding steroid dienone is 10. The fourth-order valence-corrected chi connectivity index (χ4v) is 4.17. The van der Waals surface area contributed by atoms with E-state index in [2.05, 4.69) is 57.7 Å². The van der Waals surface area contributed by atoms with Crippen molar-refractivity contribution in [3.05, 3.63) is 71.3 Å². The van der Waals surface area contributed by atoms with Gasteiger partial charge in [-0.3, -0.25) is 0 Å². The summed E-state index contributed by atoms with van der Waals surface area (Å²) in [5.74, 6) is 2.78. The molecule has 1 atom stereocenters. The lowest BCUT2D eigenvalue weighted by atomic mass is 9.89. The molecule has 0 spiro atoms. The Morgan fingerprint density at radius 3 is 2.82 bits per heavy atom. The van der Waals surface area contributed by atoms with Crippen molar-refractivity contribution in [1.82, 2.24) is 0 Å². The van der Waals surface area contributed by atoms with Crippen molar-refractivity contribution in [3.63, 3.8) is 0 Å². The minimum atomic E-state index is 0.526. The smallest absolute Gasteiger partial charge is 0.130 e. The van der Waals surface area contributed by atoms with Gasteiger partial charge in [0.05, 0.1) is 0 Å². The summed E-state index contributed by atoms with van der Waals surface area (Å²) in [6.07, 6.45) is 26.1. The standard InChI is InChI=1S/C27H40O/c1-5-8-9-12-17-23-21-20-22(4)24-18-13-10-11-14-19-27(24)28-26(16-7-3)25(23)15-6-2/h6-7,10,13,16,21-22H,2,5,8-9,11-12,14-15,17-20H2,1,3-4H3. The molecular formula is C27H40O. The summed E-state index contributed by atoms with van der Waals surface area (Å²) in [6, 6.07) is 0. The van der Waals surface area contributed by atoms with E-state index >= 15 is 0 Å². The third-order valence-electron chi connectivity index (χ3n) is 5.83. The Kier molecular flexibility index (Phi) is 10.2. The first-order chi connectivity index (χ1) is 13.7. The van der Waals surface area contributed by atoms with Crippen LogP contribution in [0.15, 0.2) is 71.3 Å². The van der Waals surface area contributed by atoms with Gasteiger partial charge in [0.1, 0.15) is 11.5 Å². The molecule has 0 aromatic heterocycles. The van der Waals surface area contributed by atoms with Crippen molar-refractivity contribution in [2.45, 2.75) is 91.4 Å². The Balaban J connectivity index is 2.43. The predicted molar refractivity (Wildman–Crippen MR) is 123 cm³/mol. The van der Waals surface area contributed by atoms with Crippen molar-refractivity contribution in [2.24, 2.45) is 5.92 Å². The monoisotopic (exact) mass is 380 g/mol.